The first-order chi connectivity index (χ1) is 11.2. The molecule has 1 aromatic carbocycles. The van der Waals surface area contributed by atoms with Crippen LogP contribution in [0.15, 0.2) is 39.0 Å². The van der Waals surface area contributed by atoms with Crippen LogP contribution in [0.4, 0.5) is 6.01 Å². The van der Waals surface area contributed by atoms with E-state index in [0.29, 0.717) is 17.1 Å². The molecule has 3 aromatic rings. The Hall–Kier alpha value is -2.19. The number of hydrogen-bond donors (Lipinski definition) is 1. The van der Waals surface area contributed by atoms with Gasteiger partial charge in [0.15, 0.2) is 0 Å². The zero-order valence-corrected chi connectivity index (χ0v) is 14.2. The van der Waals surface area contributed by atoms with Crippen molar-refractivity contribution in [1.29, 1.82) is 0 Å². The SMILES string of the molecule is CCSc1ccccc1C(=O)Nc1nnc(-c2csc(C)n2)o1. The van der Waals surface area contributed by atoms with Crippen molar-refractivity contribution in [2.24, 2.45) is 0 Å². The number of thioether (sulfide) groups is 1. The number of nitrogens with one attached hydrogen (secondary N) is 1. The predicted molar refractivity (Wildman–Crippen MR) is 90.9 cm³/mol. The normalized spacial score (nSPS) is 10.7. The maximum Gasteiger partial charge on any atom is 0.322 e. The Bertz CT molecular complexity index is 828. The molecule has 0 radical (unpaired) electrons. The van der Waals surface area contributed by atoms with E-state index in [-0.39, 0.29) is 11.9 Å². The third-order valence-electron chi connectivity index (χ3n) is 2.92. The average molecular weight is 346 g/mol. The lowest BCUT2D eigenvalue weighted by Gasteiger charge is -2.06. The number of anilines is 1. The van der Waals surface area contributed by atoms with Crippen molar-refractivity contribution in [2.45, 2.75) is 18.7 Å². The van der Waals surface area contributed by atoms with Gasteiger partial charge in [-0.05, 0) is 24.8 Å². The van der Waals surface area contributed by atoms with E-state index < -0.39 is 0 Å². The molecule has 1 N–H and O–H groups in total. The van der Waals surface area contributed by atoms with Gasteiger partial charge in [0.1, 0.15) is 5.69 Å². The number of benzene rings is 1. The predicted octanol–water partition coefficient (Wildman–Crippen LogP) is 3.87. The third kappa shape index (κ3) is 3.59. The number of rotatable bonds is 5. The summed E-state index contributed by atoms with van der Waals surface area (Å²) in [4.78, 5) is 17.6. The van der Waals surface area contributed by atoms with Crippen LogP contribution in [0.5, 0.6) is 0 Å². The number of carbonyl (C=O) groups excluding carboxylic acids is 1. The summed E-state index contributed by atoms with van der Waals surface area (Å²) in [6.07, 6.45) is 0. The van der Waals surface area contributed by atoms with Gasteiger partial charge in [0.2, 0.25) is 0 Å². The van der Waals surface area contributed by atoms with Crippen LogP contribution in [-0.4, -0.2) is 26.8 Å². The molecule has 0 unspecified atom stereocenters. The highest BCUT2D eigenvalue weighted by atomic mass is 32.2. The van der Waals surface area contributed by atoms with Gasteiger partial charge < -0.3 is 4.42 Å². The van der Waals surface area contributed by atoms with E-state index in [9.17, 15) is 4.79 Å². The lowest BCUT2D eigenvalue weighted by molar-refractivity contribution is 0.102. The topological polar surface area (TPSA) is 80.9 Å². The Labute approximate surface area is 141 Å². The summed E-state index contributed by atoms with van der Waals surface area (Å²) < 4.78 is 5.46. The second-order valence-electron chi connectivity index (χ2n) is 4.55. The maximum atomic E-state index is 12.4. The van der Waals surface area contributed by atoms with E-state index in [1.807, 2.05) is 37.4 Å². The minimum Gasteiger partial charge on any atom is -0.401 e. The lowest BCUT2D eigenvalue weighted by Crippen LogP contribution is -2.13. The second kappa shape index (κ2) is 6.93. The van der Waals surface area contributed by atoms with Crippen molar-refractivity contribution in [2.75, 3.05) is 11.1 Å². The number of aryl methyl sites for hydroxylation is 1. The highest BCUT2D eigenvalue weighted by Crippen LogP contribution is 2.24. The van der Waals surface area contributed by atoms with Gasteiger partial charge in [0, 0.05) is 10.3 Å². The molecule has 2 aromatic heterocycles. The molecule has 0 atom stereocenters. The van der Waals surface area contributed by atoms with E-state index in [1.165, 1.54) is 11.3 Å². The van der Waals surface area contributed by atoms with Crippen molar-refractivity contribution in [3.05, 3.63) is 40.2 Å². The van der Waals surface area contributed by atoms with E-state index in [4.69, 9.17) is 4.42 Å². The van der Waals surface area contributed by atoms with Crippen LogP contribution in [0, 0.1) is 6.92 Å². The van der Waals surface area contributed by atoms with Crippen molar-refractivity contribution in [3.63, 3.8) is 0 Å². The van der Waals surface area contributed by atoms with E-state index >= 15 is 0 Å². The Kier molecular flexibility index (Phi) is 4.73. The molecule has 1 amide bonds. The van der Waals surface area contributed by atoms with Crippen LogP contribution in [0.2, 0.25) is 0 Å². The summed E-state index contributed by atoms with van der Waals surface area (Å²) in [5.41, 5.74) is 1.20. The first kappa shape index (κ1) is 15.7. The standard InChI is InChI=1S/C15H14N4O2S2/c1-3-22-12-7-5-4-6-10(12)13(20)17-15-19-18-14(21-15)11-8-23-9(2)16-11/h4-8H,3H2,1-2H3,(H,17,19,20). The molecule has 118 valence electrons. The third-order valence-corrected chi connectivity index (χ3v) is 4.64. The Morgan fingerprint density at radius 2 is 2.17 bits per heavy atom. The van der Waals surface area contributed by atoms with Crippen molar-refractivity contribution >= 4 is 35.0 Å². The molecule has 0 bridgehead atoms. The van der Waals surface area contributed by atoms with Gasteiger partial charge in [0.25, 0.3) is 11.8 Å². The van der Waals surface area contributed by atoms with Crippen LogP contribution in [0.25, 0.3) is 11.6 Å². The maximum absolute atomic E-state index is 12.4. The van der Waals surface area contributed by atoms with Crippen molar-refractivity contribution in [3.8, 4) is 11.6 Å². The molecule has 0 spiro atoms. The molecule has 23 heavy (non-hydrogen) atoms. The fourth-order valence-electron chi connectivity index (χ4n) is 1.94. The smallest absolute Gasteiger partial charge is 0.322 e. The first-order valence-electron chi connectivity index (χ1n) is 6.96. The molecule has 0 aliphatic carbocycles. The van der Waals surface area contributed by atoms with Gasteiger partial charge in [-0.2, -0.15) is 0 Å². The molecule has 8 heteroatoms. The minimum atomic E-state index is -0.272. The Balaban J connectivity index is 1.77. The molecule has 6 nitrogen and oxygen atoms in total. The molecule has 0 fully saturated rings. The Morgan fingerprint density at radius 1 is 1.35 bits per heavy atom. The number of nitrogens with zero attached hydrogens (tertiary/aromatic N) is 3. The van der Waals surface area contributed by atoms with Crippen molar-refractivity contribution < 1.29 is 9.21 Å². The highest BCUT2D eigenvalue weighted by Gasteiger charge is 2.16. The van der Waals surface area contributed by atoms with Crippen LogP contribution < -0.4 is 5.32 Å². The lowest BCUT2D eigenvalue weighted by atomic mass is 10.2. The summed E-state index contributed by atoms with van der Waals surface area (Å²) >= 11 is 3.11. The second-order valence-corrected chi connectivity index (χ2v) is 6.92. The molecule has 3 rings (SSSR count). The molecule has 2 heterocycles. The molecule has 0 aliphatic rings. The van der Waals surface area contributed by atoms with Crippen LogP contribution >= 0.6 is 23.1 Å². The van der Waals surface area contributed by atoms with Gasteiger partial charge in [-0.25, -0.2) is 4.98 Å². The van der Waals surface area contributed by atoms with Gasteiger partial charge in [-0.3, -0.25) is 10.1 Å². The zero-order valence-electron chi connectivity index (χ0n) is 12.6. The van der Waals surface area contributed by atoms with Crippen LogP contribution in [-0.2, 0) is 0 Å². The molecule has 0 saturated carbocycles. The summed E-state index contributed by atoms with van der Waals surface area (Å²) in [6, 6.07) is 7.48. The number of carbonyl (C=O) groups is 1. The summed E-state index contributed by atoms with van der Waals surface area (Å²) in [7, 11) is 0. The van der Waals surface area contributed by atoms with Crippen molar-refractivity contribution in [1.82, 2.24) is 15.2 Å². The number of hydrogen-bond acceptors (Lipinski definition) is 7. The van der Waals surface area contributed by atoms with Crippen LogP contribution in [0.1, 0.15) is 22.3 Å². The average Bonchev–Trinajstić information content (AvgIpc) is 3.17. The Morgan fingerprint density at radius 3 is 2.91 bits per heavy atom. The summed E-state index contributed by atoms with van der Waals surface area (Å²) in [6.45, 7) is 3.94. The fourth-order valence-corrected chi connectivity index (χ4v) is 3.33. The minimum absolute atomic E-state index is 0.0620. The molecule has 0 saturated heterocycles. The number of amides is 1. The molecular formula is C15H14N4O2S2. The quantitative estimate of drug-likeness (QED) is 0.706. The van der Waals surface area contributed by atoms with E-state index in [0.717, 1.165) is 15.7 Å². The summed E-state index contributed by atoms with van der Waals surface area (Å²) in [5.74, 6) is 0.908. The van der Waals surface area contributed by atoms with E-state index in [2.05, 4.69) is 20.5 Å². The van der Waals surface area contributed by atoms with Crippen LogP contribution in [0.3, 0.4) is 0 Å². The zero-order chi connectivity index (χ0) is 16.2. The number of aromatic nitrogens is 3. The highest BCUT2D eigenvalue weighted by molar-refractivity contribution is 7.99. The van der Waals surface area contributed by atoms with E-state index in [1.54, 1.807) is 17.8 Å². The first-order valence-corrected chi connectivity index (χ1v) is 8.83. The fraction of sp³-hybridized carbons (Fsp3) is 0.200. The van der Waals surface area contributed by atoms with Gasteiger partial charge in [-0.15, -0.1) is 28.2 Å². The summed E-state index contributed by atoms with van der Waals surface area (Å²) in [5, 5.41) is 13.1. The van der Waals surface area contributed by atoms with Gasteiger partial charge >= 0.3 is 6.01 Å². The monoisotopic (exact) mass is 346 g/mol. The molecule has 0 aliphatic heterocycles. The largest absolute Gasteiger partial charge is 0.401 e. The molecular weight excluding hydrogens is 332 g/mol. The van der Waals surface area contributed by atoms with Gasteiger partial charge in [-0.1, -0.05) is 24.2 Å². The number of thiazole rings is 1. The van der Waals surface area contributed by atoms with Gasteiger partial charge in [0.05, 0.1) is 10.6 Å².